The molecule has 0 atom stereocenters. The molecule has 0 saturated heterocycles. The van der Waals surface area contributed by atoms with Gasteiger partial charge in [0, 0.05) is 5.69 Å². The summed E-state index contributed by atoms with van der Waals surface area (Å²) in [5.74, 6) is -1.81. The molecule has 2 aromatic rings. The molecular formula is C20H16BrFN2O5. The molecule has 2 aromatic carbocycles. The highest BCUT2D eigenvalue weighted by Crippen LogP contribution is 2.37. The Labute approximate surface area is 174 Å². The Balaban J connectivity index is 2.31. The van der Waals surface area contributed by atoms with Gasteiger partial charge in [0.05, 0.1) is 11.1 Å². The molecule has 1 amide bonds. The topological polar surface area (TPSA) is 109 Å². The van der Waals surface area contributed by atoms with E-state index in [0.29, 0.717) is 22.3 Å². The third kappa shape index (κ3) is 6.33. The quantitative estimate of drug-likeness (QED) is 0.453. The van der Waals surface area contributed by atoms with Crippen LogP contribution in [0.2, 0.25) is 0 Å². The van der Waals surface area contributed by atoms with E-state index in [4.69, 9.17) is 14.6 Å². The maximum atomic E-state index is 13.0. The summed E-state index contributed by atoms with van der Waals surface area (Å²) in [6, 6.07) is 10.0. The number of nitriles is 1. The lowest BCUT2D eigenvalue weighted by molar-refractivity contribution is -0.139. The SMILES string of the molecule is CCOc1cc(/C=C(\C#N)C(=O)Nc2ccc(F)cc2)cc(Br)c1OCC(=O)O. The van der Waals surface area contributed by atoms with E-state index in [2.05, 4.69) is 21.2 Å². The van der Waals surface area contributed by atoms with Gasteiger partial charge < -0.3 is 19.9 Å². The number of benzene rings is 2. The highest BCUT2D eigenvalue weighted by molar-refractivity contribution is 9.10. The van der Waals surface area contributed by atoms with Crippen LogP contribution in [0, 0.1) is 17.1 Å². The Bertz CT molecular complexity index is 984. The second-order valence-electron chi connectivity index (χ2n) is 5.58. The van der Waals surface area contributed by atoms with Crippen molar-refractivity contribution in [3.63, 3.8) is 0 Å². The van der Waals surface area contributed by atoms with Crippen molar-refractivity contribution in [3.05, 3.63) is 57.8 Å². The van der Waals surface area contributed by atoms with Gasteiger partial charge in [0.2, 0.25) is 0 Å². The molecule has 0 aliphatic carbocycles. The molecule has 0 saturated carbocycles. The highest BCUT2D eigenvalue weighted by atomic mass is 79.9. The number of halogens is 2. The Morgan fingerprint density at radius 2 is 1.97 bits per heavy atom. The zero-order valence-corrected chi connectivity index (χ0v) is 16.8. The van der Waals surface area contributed by atoms with Crippen LogP contribution in [-0.4, -0.2) is 30.2 Å². The van der Waals surface area contributed by atoms with Crippen LogP contribution < -0.4 is 14.8 Å². The van der Waals surface area contributed by atoms with Gasteiger partial charge in [-0.05, 0) is 70.9 Å². The lowest BCUT2D eigenvalue weighted by Gasteiger charge is -2.13. The molecule has 2 N–H and O–H groups in total. The summed E-state index contributed by atoms with van der Waals surface area (Å²) in [6.45, 7) is 1.48. The molecule has 0 fully saturated rings. The molecule has 0 aliphatic rings. The normalized spacial score (nSPS) is 10.8. The van der Waals surface area contributed by atoms with Crippen LogP contribution in [0.25, 0.3) is 6.08 Å². The number of nitrogens with zero attached hydrogens (tertiary/aromatic N) is 1. The molecule has 0 spiro atoms. The van der Waals surface area contributed by atoms with Crippen LogP contribution in [0.15, 0.2) is 46.4 Å². The van der Waals surface area contributed by atoms with Crippen LogP contribution in [-0.2, 0) is 9.59 Å². The van der Waals surface area contributed by atoms with E-state index in [1.54, 1.807) is 13.0 Å². The van der Waals surface area contributed by atoms with E-state index >= 15 is 0 Å². The van der Waals surface area contributed by atoms with Crippen molar-refractivity contribution in [1.29, 1.82) is 5.26 Å². The molecule has 9 heteroatoms. The number of hydrogen-bond donors (Lipinski definition) is 2. The summed E-state index contributed by atoms with van der Waals surface area (Å²) in [7, 11) is 0. The number of carbonyl (C=O) groups excluding carboxylic acids is 1. The van der Waals surface area contributed by atoms with Crippen LogP contribution in [0.3, 0.4) is 0 Å². The van der Waals surface area contributed by atoms with Crippen molar-refractivity contribution < 1.29 is 28.6 Å². The van der Waals surface area contributed by atoms with Gasteiger partial charge in [-0.1, -0.05) is 0 Å². The molecule has 0 heterocycles. The Morgan fingerprint density at radius 1 is 1.28 bits per heavy atom. The number of hydrogen-bond acceptors (Lipinski definition) is 5. The number of carbonyl (C=O) groups is 2. The van der Waals surface area contributed by atoms with Gasteiger partial charge in [0.15, 0.2) is 18.1 Å². The number of carboxylic acid groups (broad SMARTS) is 1. The first-order valence-corrected chi connectivity index (χ1v) is 9.13. The minimum absolute atomic E-state index is 0.192. The smallest absolute Gasteiger partial charge is 0.341 e. The van der Waals surface area contributed by atoms with Gasteiger partial charge in [-0.3, -0.25) is 4.79 Å². The second-order valence-corrected chi connectivity index (χ2v) is 6.43. The highest BCUT2D eigenvalue weighted by Gasteiger charge is 2.15. The number of amides is 1. The first kappa shape index (κ1) is 21.9. The van der Waals surface area contributed by atoms with Crippen LogP contribution in [0.1, 0.15) is 12.5 Å². The Kier molecular flexibility index (Phi) is 7.74. The fraction of sp³-hybridized carbons (Fsp3) is 0.150. The Hall–Kier alpha value is -3.38. The fourth-order valence-electron chi connectivity index (χ4n) is 2.26. The maximum absolute atomic E-state index is 13.0. The molecule has 2 rings (SSSR count). The zero-order valence-electron chi connectivity index (χ0n) is 15.2. The summed E-state index contributed by atoms with van der Waals surface area (Å²) in [5, 5.41) is 20.7. The number of aliphatic carboxylic acids is 1. The van der Waals surface area contributed by atoms with Gasteiger partial charge >= 0.3 is 5.97 Å². The predicted molar refractivity (Wildman–Crippen MR) is 107 cm³/mol. The fourth-order valence-corrected chi connectivity index (χ4v) is 2.83. The first-order chi connectivity index (χ1) is 13.8. The predicted octanol–water partition coefficient (Wildman–Crippen LogP) is 4.00. The molecule has 7 nitrogen and oxygen atoms in total. The van der Waals surface area contributed by atoms with Crippen molar-refractivity contribution in [2.45, 2.75) is 6.92 Å². The van der Waals surface area contributed by atoms with E-state index in [1.807, 2.05) is 6.07 Å². The van der Waals surface area contributed by atoms with Gasteiger partial charge in [-0.25, -0.2) is 9.18 Å². The van der Waals surface area contributed by atoms with Gasteiger partial charge in [0.25, 0.3) is 5.91 Å². The molecule has 0 aliphatic heterocycles. The summed E-state index contributed by atoms with van der Waals surface area (Å²) < 4.78 is 24.1. The zero-order chi connectivity index (χ0) is 21.4. The number of nitrogens with one attached hydrogen (secondary N) is 1. The molecule has 0 radical (unpaired) electrons. The third-order valence-corrected chi connectivity index (χ3v) is 4.04. The van der Waals surface area contributed by atoms with Gasteiger partial charge in [-0.2, -0.15) is 5.26 Å². The summed E-state index contributed by atoms with van der Waals surface area (Å²) in [5.41, 5.74) is 0.600. The molecule has 0 aromatic heterocycles. The van der Waals surface area contributed by atoms with Crippen molar-refractivity contribution >= 4 is 39.6 Å². The van der Waals surface area contributed by atoms with E-state index in [0.717, 1.165) is 0 Å². The van der Waals surface area contributed by atoms with E-state index in [1.165, 1.54) is 36.4 Å². The van der Waals surface area contributed by atoms with Gasteiger partial charge in [0.1, 0.15) is 17.5 Å². The lowest BCUT2D eigenvalue weighted by Crippen LogP contribution is -2.13. The minimum atomic E-state index is -1.15. The Morgan fingerprint density at radius 3 is 2.55 bits per heavy atom. The van der Waals surface area contributed by atoms with Crippen molar-refractivity contribution in [2.24, 2.45) is 0 Å². The standard InChI is InChI=1S/C20H16BrFN2O5/c1-2-28-17-9-12(8-16(21)19(17)29-11-18(25)26)7-13(10-23)20(27)24-15-5-3-14(22)4-6-15/h3-9H,2,11H2,1H3,(H,24,27)(H,25,26)/b13-7+. The summed E-state index contributed by atoms with van der Waals surface area (Å²) in [4.78, 5) is 23.1. The molecule has 0 bridgehead atoms. The molecule has 29 heavy (non-hydrogen) atoms. The monoisotopic (exact) mass is 462 g/mol. The number of anilines is 1. The number of rotatable bonds is 8. The number of ether oxygens (including phenoxy) is 2. The summed E-state index contributed by atoms with van der Waals surface area (Å²) >= 11 is 3.28. The number of carboxylic acids is 1. The summed E-state index contributed by atoms with van der Waals surface area (Å²) in [6.07, 6.45) is 1.34. The largest absolute Gasteiger partial charge is 0.490 e. The lowest BCUT2D eigenvalue weighted by atomic mass is 10.1. The molecule has 150 valence electrons. The average molecular weight is 463 g/mol. The van der Waals surface area contributed by atoms with Crippen LogP contribution in [0.5, 0.6) is 11.5 Å². The van der Waals surface area contributed by atoms with E-state index < -0.39 is 24.3 Å². The molecule has 0 unspecified atom stereocenters. The van der Waals surface area contributed by atoms with Crippen LogP contribution >= 0.6 is 15.9 Å². The third-order valence-electron chi connectivity index (χ3n) is 3.45. The second kappa shape index (κ2) is 10.2. The van der Waals surface area contributed by atoms with Crippen LogP contribution in [0.4, 0.5) is 10.1 Å². The minimum Gasteiger partial charge on any atom is -0.490 e. The van der Waals surface area contributed by atoms with E-state index in [9.17, 15) is 19.2 Å². The van der Waals surface area contributed by atoms with Crippen molar-refractivity contribution in [1.82, 2.24) is 0 Å². The molecular weight excluding hydrogens is 447 g/mol. The maximum Gasteiger partial charge on any atom is 0.341 e. The first-order valence-electron chi connectivity index (χ1n) is 8.33. The average Bonchev–Trinajstić information content (AvgIpc) is 2.67. The van der Waals surface area contributed by atoms with Gasteiger partial charge in [-0.15, -0.1) is 0 Å². The van der Waals surface area contributed by atoms with E-state index in [-0.39, 0.29) is 17.1 Å². The van der Waals surface area contributed by atoms with Crippen molar-refractivity contribution in [2.75, 3.05) is 18.5 Å². The van der Waals surface area contributed by atoms with Crippen molar-refractivity contribution in [3.8, 4) is 17.6 Å².